The molecule has 1 heterocycles. The topological polar surface area (TPSA) is 17.2 Å². The number of benzene rings is 1. The third-order valence-corrected chi connectivity index (χ3v) is 2.52. The van der Waals surface area contributed by atoms with Crippen molar-refractivity contribution in [2.45, 2.75) is 12.8 Å². The van der Waals surface area contributed by atoms with Crippen molar-refractivity contribution in [3.63, 3.8) is 0 Å². The molecule has 16 heavy (non-hydrogen) atoms. The molecule has 0 spiro atoms. The number of aryl methyl sites for hydroxylation is 2. The molecular weight excluding hydrogens is 196 g/mol. The number of hydrogen-bond donors (Lipinski definition) is 0. The number of nitrogens with zero attached hydrogens (tertiary/aromatic N) is 2. The van der Waals surface area contributed by atoms with Crippen molar-refractivity contribution in [1.82, 2.24) is 4.98 Å². The molecule has 2 nitrogen and oxygen atoms in total. The van der Waals surface area contributed by atoms with Crippen molar-refractivity contribution >= 4 is 5.69 Å². The molecule has 1 aromatic carbocycles. The Balaban J connectivity index is 1.98. The summed E-state index contributed by atoms with van der Waals surface area (Å²) in [4.78, 5) is 7.36. The lowest BCUT2D eigenvalue weighted by atomic mass is 10.1. The summed E-state index contributed by atoms with van der Waals surface area (Å²) in [6, 6.07) is 11.9. The van der Waals surface area contributed by atoms with Gasteiger partial charge in [-0.05, 0) is 30.5 Å². The van der Waals surface area contributed by atoms with E-state index in [-0.39, 0.29) is 0 Å². The van der Waals surface area contributed by atoms with E-state index in [2.05, 4.69) is 9.83 Å². The molecule has 0 unspecified atom stereocenters. The van der Waals surface area contributed by atoms with E-state index in [1.54, 1.807) is 0 Å². The molecule has 0 bridgehead atoms. The molecule has 0 radical (unpaired) electrons. The molecule has 2 rings (SSSR count). The summed E-state index contributed by atoms with van der Waals surface area (Å²) in [5.74, 6) is 0. The van der Waals surface area contributed by atoms with Crippen LogP contribution in [0.4, 0.5) is 5.69 Å². The molecule has 0 fully saturated rings. The minimum absolute atomic E-state index is 0.702. The van der Waals surface area contributed by atoms with Crippen LogP contribution in [0.1, 0.15) is 11.1 Å². The van der Waals surface area contributed by atoms with Gasteiger partial charge < -0.3 is 0 Å². The van der Waals surface area contributed by atoms with E-state index in [1.165, 1.54) is 11.1 Å². The van der Waals surface area contributed by atoms with Crippen LogP contribution in [0.15, 0.2) is 48.8 Å². The Morgan fingerprint density at radius 3 is 2.00 bits per heavy atom. The molecule has 0 aliphatic carbocycles. The molecule has 0 atom stereocenters. The fraction of sp³-hybridized carbons (Fsp3) is 0.143. The van der Waals surface area contributed by atoms with E-state index in [0.717, 1.165) is 12.8 Å². The first kappa shape index (κ1) is 10.4. The van der Waals surface area contributed by atoms with Crippen LogP contribution >= 0.6 is 0 Å². The minimum atomic E-state index is 0.702. The zero-order valence-electron chi connectivity index (χ0n) is 8.93. The van der Waals surface area contributed by atoms with Gasteiger partial charge in [-0.25, -0.2) is 4.85 Å². The number of pyridine rings is 1. The van der Waals surface area contributed by atoms with Crippen molar-refractivity contribution in [2.75, 3.05) is 0 Å². The first-order chi connectivity index (χ1) is 7.88. The number of aromatic nitrogens is 1. The highest BCUT2D eigenvalue weighted by Crippen LogP contribution is 2.14. The fourth-order valence-corrected chi connectivity index (χ4v) is 1.58. The first-order valence-corrected chi connectivity index (χ1v) is 5.24. The van der Waals surface area contributed by atoms with Gasteiger partial charge in [-0.3, -0.25) is 4.98 Å². The molecule has 0 saturated carbocycles. The van der Waals surface area contributed by atoms with E-state index >= 15 is 0 Å². The zero-order chi connectivity index (χ0) is 11.2. The summed E-state index contributed by atoms with van der Waals surface area (Å²) in [5, 5.41) is 0. The Morgan fingerprint density at radius 2 is 1.44 bits per heavy atom. The van der Waals surface area contributed by atoms with E-state index in [9.17, 15) is 0 Å². The maximum atomic E-state index is 6.87. The molecule has 0 N–H and O–H groups in total. The third kappa shape index (κ3) is 2.68. The molecule has 78 valence electrons. The standard InChI is InChI=1S/C14H12N2/c1-15-14-6-4-12(5-7-14)2-3-13-8-10-16-11-9-13/h4-11H,2-3H2. The van der Waals surface area contributed by atoms with Crippen LogP contribution in [0.25, 0.3) is 4.85 Å². The Bertz CT molecular complexity index is 480. The molecule has 2 aromatic rings. The average Bonchev–Trinajstić information content (AvgIpc) is 2.38. The van der Waals surface area contributed by atoms with E-state index < -0.39 is 0 Å². The Morgan fingerprint density at radius 1 is 0.875 bits per heavy atom. The average molecular weight is 208 g/mol. The highest BCUT2D eigenvalue weighted by Gasteiger charge is 1.96. The second kappa shape index (κ2) is 5.09. The lowest BCUT2D eigenvalue weighted by molar-refractivity contribution is 0.956. The minimum Gasteiger partial charge on any atom is -0.265 e. The van der Waals surface area contributed by atoms with Crippen LogP contribution in [0.5, 0.6) is 0 Å². The lowest BCUT2D eigenvalue weighted by Crippen LogP contribution is -1.90. The Kier molecular flexibility index (Phi) is 3.30. The molecule has 0 saturated heterocycles. The number of hydrogen-bond acceptors (Lipinski definition) is 1. The Hall–Kier alpha value is -2.14. The maximum Gasteiger partial charge on any atom is 0.187 e. The van der Waals surface area contributed by atoms with Crippen LogP contribution in [0.3, 0.4) is 0 Å². The monoisotopic (exact) mass is 208 g/mol. The van der Waals surface area contributed by atoms with Crippen molar-refractivity contribution in [2.24, 2.45) is 0 Å². The van der Waals surface area contributed by atoms with Gasteiger partial charge in [-0.15, -0.1) is 0 Å². The van der Waals surface area contributed by atoms with Gasteiger partial charge in [0.2, 0.25) is 0 Å². The predicted molar refractivity (Wildman–Crippen MR) is 64.3 cm³/mol. The second-order valence-corrected chi connectivity index (χ2v) is 3.63. The number of rotatable bonds is 3. The summed E-state index contributed by atoms with van der Waals surface area (Å²) >= 11 is 0. The van der Waals surface area contributed by atoms with Gasteiger partial charge in [-0.1, -0.05) is 29.8 Å². The van der Waals surface area contributed by atoms with Gasteiger partial charge in [0, 0.05) is 12.4 Å². The van der Waals surface area contributed by atoms with Gasteiger partial charge in [0.05, 0.1) is 6.57 Å². The van der Waals surface area contributed by atoms with Crippen molar-refractivity contribution < 1.29 is 0 Å². The SMILES string of the molecule is [C-]#[N+]c1ccc(CCc2ccncc2)cc1. The zero-order valence-corrected chi connectivity index (χ0v) is 8.93. The van der Waals surface area contributed by atoms with Crippen molar-refractivity contribution in [3.8, 4) is 0 Å². The first-order valence-electron chi connectivity index (χ1n) is 5.24. The van der Waals surface area contributed by atoms with Crippen molar-refractivity contribution in [3.05, 3.63) is 71.3 Å². The highest BCUT2D eigenvalue weighted by atomic mass is 14.6. The predicted octanol–water partition coefficient (Wildman–Crippen LogP) is 3.42. The van der Waals surface area contributed by atoms with Crippen LogP contribution in [0, 0.1) is 6.57 Å². The van der Waals surface area contributed by atoms with Gasteiger partial charge >= 0.3 is 0 Å². The largest absolute Gasteiger partial charge is 0.265 e. The van der Waals surface area contributed by atoms with Crippen LogP contribution in [-0.4, -0.2) is 4.98 Å². The summed E-state index contributed by atoms with van der Waals surface area (Å²) < 4.78 is 0. The van der Waals surface area contributed by atoms with Crippen LogP contribution in [0.2, 0.25) is 0 Å². The maximum absolute atomic E-state index is 6.87. The fourth-order valence-electron chi connectivity index (χ4n) is 1.58. The van der Waals surface area contributed by atoms with Crippen LogP contribution in [-0.2, 0) is 12.8 Å². The summed E-state index contributed by atoms with van der Waals surface area (Å²) in [5.41, 5.74) is 3.26. The third-order valence-electron chi connectivity index (χ3n) is 2.52. The van der Waals surface area contributed by atoms with E-state index in [0.29, 0.717) is 5.69 Å². The molecule has 2 heteroatoms. The summed E-state index contributed by atoms with van der Waals surface area (Å²) in [7, 11) is 0. The van der Waals surface area contributed by atoms with E-state index in [1.807, 2.05) is 48.8 Å². The Labute approximate surface area is 95.4 Å². The van der Waals surface area contributed by atoms with Gasteiger partial charge in [0.25, 0.3) is 0 Å². The van der Waals surface area contributed by atoms with Gasteiger partial charge in [-0.2, -0.15) is 0 Å². The molecule has 0 aliphatic heterocycles. The quantitative estimate of drug-likeness (QED) is 0.706. The summed E-state index contributed by atoms with van der Waals surface area (Å²) in [6.45, 7) is 6.87. The molecule has 0 aliphatic rings. The summed E-state index contributed by atoms with van der Waals surface area (Å²) in [6.07, 6.45) is 5.65. The second-order valence-electron chi connectivity index (χ2n) is 3.63. The highest BCUT2D eigenvalue weighted by molar-refractivity contribution is 5.45. The van der Waals surface area contributed by atoms with Crippen LogP contribution < -0.4 is 0 Å². The molecule has 0 amide bonds. The van der Waals surface area contributed by atoms with Gasteiger partial charge in [0.1, 0.15) is 0 Å². The molecular formula is C14H12N2. The lowest BCUT2D eigenvalue weighted by Gasteiger charge is -2.01. The molecule has 1 aromatic heterocycles. The smallest absolute Gasteiger partial charge is 0.187 e. The normalized spacial score (nSPS) is 9.69. The van der Waals surface area contributed by atoms with Gasteiger partial charge in [0.15, 0.2) is 5.69 Å². The van der Waals surface area contributed by atoms with Crippen molar-refractivity contribution in [1.29, 1.82) is 0 Å². The van der Waals surface area contributed by atoms with E-state index in [4.69, 9.17) is 6.57 Å².